The number of allylic oxidation sites excluding steroid dienone is 1. The van der Waals surface area contributed by atoms with Crippen molar-refractivity contribution in [3.8, 4) is 0 Å². The summed E-state index contributed by atoms with van der Waals surface area (Å²) in [7, 11) is 0. The maximum Gasteiger partial charge on any atom is 0.0468 e. The minimum atomic E-state index is 0.862. The third-order valence-corrected chi connectivity index (χ3v) is 8.97. The van der Waals surface area contributed by atoms with Crippen LogP contribution in [-0.2, 0) is 6.42 Å². The summed E-state index contributed by atoms with van der Waals surface area (Å²) in [5.41, 5.74) is 9.35. The molecule has 0 spiro atoms. The van der Waals surface area contributed by atoms with Gasteiger partial charge in [0.1, 0.15) is 0 Å². The van der Waals surface area contributed by atoms with Gasteiger partial charge in [0.2, 0.25) is 0 Å². The molecule has 0 aromatic heterocycles. The molecule has 8 aromatic rings. The maximum absolute atomic E-state index is 2.32. The number of rotatable bonds is 9. The Hall–Kier alpha value is -6.38. The fraction of sp³-hybridized carbons (Fsp3) is 0.0213. The molecule has 2 heteroatoms. The normalized spacial score (nSPS) is 11.3. The van der Waals surface area contributed by atoms with Gasteiger partial charge in [-0.25, -0.2) is 0 Å². The minimum Gasteiger partial charge on any atom is -0.310 e. The standard InChI is InChI=1S/C47H36N2/c1-5-16-42(17-6-1)48(43-18-7-2-8-19-43)46-31-29-39-32-36(25-27-40(39)34-46)14-13-15-37-24-26-38-28-30-47(35-41(38)33-37)49(44-20-9-3-10-21-44)45-22-11-4-12-23-45/h1-14,16-35H,15H2/b14-13+. The zero-order valence-corrected chi connectivity index (χ0v) is 27.2. The van der Waals surface area contributed by atoms with Crippen LogP contribution >= 0.6 is 0 Å². The number of anilines is 6. The Kier molecular flexibility index (Phi) is 8.43. The van der Waals surface area contributed by atoms with E-state index in [1.807, 2.05) is 0 Å². The number of benzene rings is 8. The van der Waals surface area contributed by atoms with Crippen LogP contribution < -0.4 is 9.80 Å². The SMILES string of the molecule is C(=C\c1ccc2cc(N(c3ccccc3)c3ccccc3)ccc2c1)/Cc1ccc2ccc(N(c3ccccc3)c3ccccc3)cc2c1. The van der Waals surface area contributed by atoms with E-state index in [1.54, 1.807) is 0 Å². The molecule has 0 unspecified atom stereocenters. The van der Waals surface area contributed by atoms with Gasteiger partial charge >= 0.3 is 0 Å². The molecule has 0 fully saturated rings. The molecule has 0 atom stereocenters. The molecule has 0 aliphatic carbocycles. The van der Waals surface area contributed by atoms with Gasteiger partial charge in [0.15, 0.2) is 0 Å². The number of nitrogens with zero attached hydrogens (tertiary/aromatic N) is 2. The molecule has 0 saturated heterocycles. The van der Waals surface area contributed by atoms with Gasteiger partial charge in [-0.1, -0.05) is 127 Å². The second-order valence-electron chi connectivity index (χ2n) is 12.3. The molecule has 0 aliphatic rings. The maximum atomic E-state index is 2.32. The third-order valence-electron chi connectivity index (χ3n) is 8.97. The van der Waals surface area contributed by atoms with E-state index in [-0.39, 0.29) is 0 Å². The molecule has 8 aromatic carbocycles. The van der Waals surface area contributed by atoms with E-state index in [9.17, 15) is 0 Å². The Labute approximate surface area is 288 Å². The molecule has 0 heterocycles. The average Bonchev–Trinajstić information content (AvgIpc) is 3.17. The first kappa shape index (κ1) is 30.0. The quantitative estimate of drug-likeness (QED) is 0.157. The molecular weight excluding hydrogens is 593 g/mol. The minimum absolute atomic E-state index is 0.862. The molecule has 0 bridgehead atoms. The van der Waals surface area contributed by atoms with Crippen molar-refractivity contribution < 1.29 is 0 Å². The zero-order valence-electron chi connectivity index (χ0n) is 27.2. The van der Waals surface area contributed by atoms with Crippen molar-refractivity contribution >= 4 is 61.7 Å². The lowest BCUT2D eigenvalue weighted by Crippen LogP contribution is -2.09. The van der Waals surface area contributed by atoms with E-state index < -0.39 is 0 Å². The number of para-hydroxylation sites is 4. The molecule has 49 heavy (non-hydrogen) atoms. The highest BCUT2D eigenvalue weighted by Crippen LogP contribution is 2.37. The van der Waals surface area contributed by atoms with Crippen molar-refractivity contribution in [3.05, 3.63) is 211 Å². The van der Waals surface area contributed by atoms with E-state index in [4.69, 9.17) is 0 Å². The van der Waals surface area contributed by atoms with Crippen molar-refractivity contribution in [1.82, 2.24) is 0 Å². The summed E-state index contributed by atoms with van der Waals surface area (Å²) in [6, 6.07) is 69.2. The van der Waals surface area contributed by atoms with Crippen LogP contribution in [0, 0.1) is 0 Å². The van der Waals surface area contributed by atoms with Gasteiger partial charge in [-0.2, -0.15) is 0 Å². The van der Waals surface area contributed by atoms with Gasteiger partial charge in [0.05, 0.1) is 0 Å². The van der Waals surface area contributed by atoms with E-state index in [2.05, 4.69) is 216 Å². The Morgan fingerprint density at radius 2 is 0.755 bits per heavy atom. The number of hydrogen-bond acceptors (Lipinski definition) is 2. The third kappa shape index (κ3) is 6.58. The molecule has 234 valence electrons. The molecule has 0 amide bonds. The summed E-state index contributed by atoms with van der Waals surface area (Å²) in [5, 5.41) is 4.93. The Morgan fingerprint density at radius 1 is 0.327 bits per heavy atom. The van der Waals surface area contributed by atoms with Gasteiger partial charge < -0.3 is 9.80 Å². The molecule has 8 rings (SSSR count). The van der Waals surface area contributed by atoms with Gasteiger partial charge in [-0.3, -0.25) is 0 Å². The van der Waals surface area contributed by atoms with Crippen molar-refractivity contribution in [3.63, 3.8) is 0 Å². The summed E-state index contributed by atoms with van der Waals surface area (Å²) >= 11 is 0. The number of fused-ring (bicyclic) bond motifs is 2. The van der Waals surface area contributed by atoms with Crippen LogP contribution in [0.25, 0.3) is 27.6 Å². The van der Waals surface area contributed by atoms with Crippen LogP contribution in [0.1, 0.15) is 11.1 Å². The van der Waals surface area contributed by atoms with Crippen molar-refractivity contribution in [2.75, 3.05) is 9.80 Å². The first-order chi connectivity index (χ1) is 24.3. The lowest BCUT2D eigenvalue weighted by atomic mass is 10.0. The summed E-state index contributed by atoms with van der Waals surface area (Å²) < 4.78 is 0. The van der Waals surface area contributed by atoms with Crippen molar-refractivity contribution in [2.45, 2.75) is 6.42 Å². The Bertz CT molecular complexity index is 2270. The smallest absolute Gasteiger partial charge is 0.0468 e. The highest BCUT2D eigenvalue weighted by molar-refractivity contribution is 5.91. The van der Waals surface area contributed by atoms with Crippen molar-refractivity contribution in [2.24, 2.45) is 0 Å². The highest BCUT2D eigenvalue weighted by atomic mass is 15.1. The highest BCUT2D eigenvalue weighted by Gasteiger charge is 2.14. The largest absolute Gasteiger partial charge is 0.310 e. The monoisotopic (exact) mass is 628 g/mol. The molecular formula is C47H36N2. The second kappa shape index (κ2) is 13.8. The predicted molar refractivity (Wildman–Crippen MR) is 210 cm³/mol. The lowest BCUT2D eigenvalue weighted by molar-refractivity contribution is 1.28. The Morgan fingerprint density at radius 3 is 1.29 bits per heavy atom. The second-order valence-corrected chi connectivity index (χ2v) is 12.3. The zero-order chi connectivity index (χ0) is 32.8. The topological polar surface area (TPSA) is 6.48 Å². The molecule has 0 saturated carbocycles. The molecule has 2 nitrogen and oxygen atoms in total. The van der Waals surface area contributed by atoms with Gasteiger partial charge in [0.25, 0.3) is 0 Å². The van der Waals surface area contributed by atoms with E-state index in [1.165, 1.54) is 32.7 Å². The lowest BCUT2D eigenvalue weighted by Gasteiger charge is -2.25. The van der Waals surface area contributed by atoms with Crippen LogP contribution in [0.15, 0.2) is 200 Å². The van der Waals surface area contributed by atoms with Crippen LogP contribution in [0.5, 0.6) is 0 Å². The summed E-state index contributed by atoms with van der Waals surface area (Å²) in [5.74, 6) is 0. The fourth-order valence-corrected chi connectivity index (χ4v) is 6.58. The van der Waals surface area contributed by atoms with Gasteiger partial charge in [-0.05, 0) is 118 Å². The first-order valence-corrected chi connectivity index (χ1v) is 16.8. The predicted octanol–water partition coefficient (Wildman–Crippen LogP) is 13.2. The fourth-order valence-electron chi connectivity index (χ4n) is 6.58. The van der Waals surface area contributed by atoms with Gasteiger partial charge in [-0.15, -0.1) is 0 Å². The van der Waals surface area contributed by atoms with Crippen LogP contribution in [0.3, 0.4) is 0 Å². The van der Waals surface area contributed by atoms with E-state index >= 15 is 0 Å². The average molecular weight is 629 g/mol. The first-order valence-electron chi connectivity index (χ1n) is 16.8. The summed E-state index contributed by atoms with van der Waals surface area (Å²) in [6.07, 6.45) is 5.37. The van der Waals surface area contributed by atoms with Crippen LogP contribution in [0.4, 0.5) is 34.1 Å². The molecule has 0 N–H and O–H groups in total. The van der Waals surface area contributed by atoms with Crippen LogP contribution in [0.2, 0.25) is 0 Å². The van der Waals surface area contributed by atoms with E-state index in [0.29, 0.717) is 0 Å². The molecule has 0 radical (unpaired) electrons. The summed E-state index contributed by atoms with van der Waals surface area (Å²) in [6.45, 7) is 0. The van der Waals surface area contributed by atoms with Gasteiger partial charge in [0, 0.05) is 34.1 Å². The van der Waals surface area contributed by atoms with E-state index in [0.717, 1.165) is 40.5 Å². The van der Waals surface area contributed by atoms with Crippen molar-refractivity contribution in [1.29, 1.82) is 0 Å². The molecule has 0 aliphatic heterocycles. The van der Waals surface area contributed by atoms with Crippen LogP contribution in [-0.4, -0.2) is 0 Å². The Balaban J connectivity index is 1.03. The number of hydrogen-bond donors (Lipinski definition) is 0. The summed E-state index contributed by atoms with van der Waals surface area (Å²) in [4.78, 5) is 4.62.